The van der Waals surface area contributed by atoms with Gasteiger partial charge in [-0.25, -0.2) is 19.9 Å². The molecule has 2 N–H and O–H groups in total. The number of carbonyl (C=O) groups excluding carboxylic acids is 1. The van der Waals surface area contributed by atoms with E-state index >= 15 is 0 Å². The molecule has 4 heterocycles. The Bertz CT molecular complexity index is 1080. The van der Waals surface area contributed by atoms with Gasteiger partial charge in [0.1, 0.15) is 5.69 Å². The molecule has 1 aliphatic heterocycles. The van der Waals surface area contributed by atoms with Crippen LogP contribution in [0, 0.1) is 11.3 Å². The first-order chi connectivity index (χ1) is 16.2. The molecule has 0 spiro atoms. The molecule has 1 saturated heterocycles. The standard InChI is InChI=1S/C22H27N9OS/c23-6-12-30-11-3-4-17(14-30)18-5-8-26-21(27-18)29-22-28-19(15-33-22)20(32)25-7-1-2-10-31-13-9-24-16-31/h5,8-9,13,15-17H,1-4,7,10-12,14H2,(H,25,32)(H,26,27,28,29)/t17-/m1/s1. The van der Waals surface area contributed by atoms with E-state index in [1.807, 2.05) is 16.8 Å². The highest BCUT2D eigenvalue weighted by molar-refractivity contribution is 7.14. The van der Waals surface area contributed by atoms with Crippen LogP contribution in [0.1, 0.15) is 47.8 Å². The molecule has 172 valence electrons. The van der Waals surface area contributed by atoms with Crippen LogP contribution < -0.4 is 10.6 Å². The van der Waals surface area contributed by atoms with Gasteiger partial charge in [0, 0.05) is 49.5 Å². The quantitative estimate of drug-likeness (QED) is 0.346. The number of nitrogens with zero attached hydrogens (tertiary/aromatic N) is 7. The molecule has 0 radical (unpaired) electrons. The Morgan fingerprint density at radius 3 is 3.09 bits per heavy atom. The van der Waals surface area contributed by atoms with Crippen molar-refractivity contribution in [1.29, 1.82) is 5.26 Å². The number of imidazole rings is 1. The number of unbranched alkanes of at least 4 members (excludes halogenated alkanes) is 1. The molecule has 0 aliphatic carbocycles. The maximum absolute atomic E-state index is 12.4. The molecule has 10 nitrogen and oxygen atoms in total. The summed E-state index contributed by atoms with van der Waals surface area (Å²) >= 11 is 1.35. The summed E-state index contributed by atoms with van der Waals surface area (Å²) in [5, 5.41) is 17.3. The average Bonchev–Trinajstić information content (AvgIpc) is 3.52. The molecule has 11 heteroatoms. The van der Waals surface area contributed by atoms with Crippen LogP contribution in [0.15, 0.2) is 36.4 Å². The Morgan fingerprint density at radius 1 is 1.30 bits per heavy atom. The van der Waals surface area contributed by atoms with Crippen LogP contribution >= 0.6 is 11.3 Å². The Hall–Kier alpha value is -3.36. The first-order valence-electron chi connectivity index (χ1n) is 11.1. The fourth-order valence-corrected chi connectivity index (χ4v) is 4.55. The predicted molar refractivity (Wildman–Crippen MR) is 125 cm³/mol. The van der Waals surface area contributed by atoms with Crippen molar-refractivity contribution in [3.05, 3.63) is 47.8 Å². The molecule has 0 saturated carbocycles. The summed E-state index contributed by atoms with van der Waals surface area (Å²) in [5.41, 5.74) is 1.34. The Morgan fingerprint density at radius 2 is 2.24 bits per heavy atom. The van der Waals surface area contributed by atoms with Crippen LogP contribution in [0.2, 0.25) is 0 Å². The van der Waals surface area contributed by atoms with Crippen molar-refractivity contribution < 1.29 is 4.79 Å². The summed E-state index contributed by atoms with van der Waals surface area (Å²) in [5.74, 6) is 0.559. The molecular formula is C22H27N9OS. The van der Waals surface area contributed by atoms with Gasteiger partial charge in [-0.1, -0.05) is 0 Å². The molecule has 0 unspecified atom stereocenters. The summed E-state index contributed by atoms with van der Waals surface area (Å²) in [6.45, 7) is 3.71. The van der Waals surface area contributed by atoms with Crippen LogP contribution in [0.4, 0.5) is 11.1 Å². The average molecular weight is 466 g/mol. The van der Waals surface area contributed by atoms with E-state index in [-0.39, 0.29) is 11.8 Å². The number of piperidine rings is 1. The van der Waals surface area contributed by atoms with Gasteiger partial charge in [0.25, 0.3) is 5.91 Å². The van der Waals surface area contributed by atoms with Crippen LogP contribution in [0.25, 0.3) is 0 Å². The van der Waals surface area contributed by atoms with Gasteiger partial charge >= 0.3 is 0 Å². The van der Waals surface area contributed by atoms with Gasteiger partial charge in [-0.3, -0.25) is 9.69 Å². The second-order valence-electron chi connectivity index (χ2n) is 7.96. The van der Waals surface area contributed by atoms with Crippen LogP contribution in [0.3, 0.4) is 0 Å². The van der Waals surface area contributed by atoms with Gasteiger partial charge < -0.3 is 15.2 Å². The third kappa shape index (κ3) is 6.57. The number of nitriles is 1. The molecule has 0 bridgehead atoms. The second kappa shape index (κ2) is 11.5. The summed E-state index contributed by atoms with van der Waals surface area (Å²) in [4.78, 5) is 31.9. The summed E-state index contributed by atoms with van der Waals surface area (Å²) in [7, 11) is 0. The number of thiazole rings is 1. The molecule has 3 aromatic heterocycles. The highest BCUT2D eigenvalue weighted by Crippen LogP contribution is 2.26. The maximum atomic E-state index is 12.4. The number of carbonyl (C=O) groups is 1. The monoisotopic (exact) mass is 465 g/mol. The molecule has 1 fully saturated rings. The zero-order valence-corrected chi connectivity index (χ0v) is 19.2. The fourth-order valence-electron chi connectivity index (χ4n) is 3.86. The van der Waals surface area contributed by atoms with E-state index in [1.165, 1.54) is 11.3 Å². The minimum Gasteiger partial charge on any atom is -0.351 e. The summed E-state index contributed by atoms with van der Waals surface area (Å²) < 4.78 is 2.02. The Balaban J connectivity index is 1.26. The molecule has 1 atom stereocenters. The van der Waals surface area contributed by atoms with Crippen molar-refractivity contribution in [1.82, 2.24) is 34.7 Å². The largest absolute Gasteiger partial charge is 0.351 e. The van der Waals surface area contributed by atoms with Gasteiger partial charge in [-0.2, -0.15) is 5.26 Å². The molecule has 4 rings (SSSR count). The number of hydrogen-bond donors (Lipinski definition) is 2. The summed E-state index contributed by atoms with van der Waals surface area (Å²) in [6.07, 6.45) is 11.2. The number of amides is 1. The topological polar surface area (TPSA) is 125 Å². The zero-order chi connectivity index (χ0) is 22.9. The fraction of sp³-hybridized carbons (Fsp3) is 0.455. The Labute approximate surface area is 196 Å². The second-order valence-corrected chi connectivity index (χ2v) is 8.82. The molecule has 1 aliphatic rings. The van der Waals surface area contributed by atoms with Crippen LogP contribution in [-0.4, -0.2) is 61.5 Å². The van der Waals surface area contributed by atoms with E-state index in [2.05, 4.69) is 41.5 Å². The lowest BCUT2D eigenvalue weighted by atomic mass is 9.94. The molecule has 3 aromatic rings. The lowest BCUT2D eigenvalue weighted by Crippen LogP contribution is -2.34. The van der Waals surface area contributed by atoms with E-state index in [9.17, 15) is 4.79 Å². The van der Waals surface area contributed by atoms with Crippen molar-refractivity contribution in [2.24, 2.45) is 0 Å². The number of aryl methyl sites for hydroxylation is 1. The number of rotatable bonds is 10. The molecule has 33 heavy (non-hydrogen) atoms. The van der Waals surface area contributed by atoms with E-state index in [4.69, 9.17) is 5.26 Å². The first kappa shape index (κ1) is 22.8. The van der Waals surface area contributed by atoms with Gasteiger partial charge in [-0.05, 0) is 38.3 Å². The van der Waals surface area contributed by atoms with Crippen molar-refractivity contribution in [2.45, 2.75) is 38.1 Å². The van der Waals surface area contributed by atoms with E-state index in [0.717, 1.165) is 51.0 Å². The minimum absolute atomic E-state index is 0.184. The lowest BCUT2D eigenvalue weighted by Gasteiger charge is -2.30. The number of nitrogens with one attached hydrogen (secondary N) is 2. The smallest absolute Gasteiger partial charge is 0.270 e. The molecule has 0 aromatic carbocycles. The van der Waals surface area contributed by atoms with E-state index < -0.39 is 0 Å². The molecule has 1 amide bonds. The van der Waals surface area contributed by atoms with Crippen LogP contribution in [0.5, 0.6) is 0 Å². The van der Waals surface area contributed by atoms with Gasteiger partial charge in [0.2, 0.25) is 5.95 Å². The van der Waals surface area contributed by atoms with Crippen LogP contribution in [-0.2, 0) is 6.54 Å². The highest BCUT2D eigenvalue weighted by atomic mass is 32.1. The van der Waals surface area contributed by atoms with Crippen molar-refractivity contribution >= 4 is 28.3 Å². The predicted octanol–water partition coefficient (Wildman–Crippen LogP) is 2.79. The Kier molecular flexibility index (Phi) is 7.94. The van der Waals surface area contributed by atoms with Crippen molar-refractivity contribution in [3.63, 3.8) is 0 Å². The minimum atomic E-state index is -0.184. The number of likely N-dealkylation sites (tertiary alicyclic amines) is 1. The third-order valence-electron chi connectivity index (χ3n) is 5.54. The summed E-state index contributed by atoms with van der Waals surface area (Å²) in [6, 6.07) is 4.16. The SMILES string of the molecule is N#CCN1CCC[C@@H](c2ccnc(Nc3nc(C(=O)NCCCCn4ccnc4)cs3)n2)C1. The van der Waals surface area contributed by atoms with Crippen molar-refractivity contribution in [2.75, 3.05) is 31.5 Å². The number of hydrogen-bond acceptors (Lipinski definition) is 9. The van der Waals surface area contributed by atoms with Gasteiger partial charge in [-0.15, -0.1) is 11.3 Å². The highest BCUT2D eigenvalue weighted by Gasteiger charge is 2.22. The van der Waals surface area contributed by atoms with Gasteiger partial charge in [0.15, 0.2) is 5.13 Å². The third-order valence-corrected chi connectivity index (χ3v) is 6.30. The van der Waals surface area contributed by atoms with E-state index in [1.54, 1.807) is 24.1 Å². The normalized spacial score (nSPS) is 16.3. The lowest BCUT2D eigenvalue weighted by molar-refractivity contribution is 0.0948. The van der Waals surface area contributed by atoms with Crippen molar-refractivity contribution in [3.8, 4) is 6.07 Å². The van der Waals surface area contributed by atoms with Gasteiger partial charge in [0.05, 0.1) is 24.6 Å². The number of anilines is 2. The maximum Gasteiger partial charge on any atom is 0.270 e. The first-order valence-corrected chi connectivity index (χ1v) is 12.0. The number of aromatic nitrogens is 5. The molecular weight excluding hydrogens is 438 g/mol. The van der Waals surface area contributed by atoms with E-state index in [0.29, 0.717) is 29.9 Å². The zero-order valence-electron chi connectivity index (χ0n) is 18.4.